The van der Waals surface area contributed by atoms with Crippen LogP contribution in [0, 0.1) is 5.92 Å². The van der Waals surface area contributed by atoms with E-state index in [9.17, 15) is 19.5 Å². The number of benzene rings is 1. The molecule has 1 fully saturated rings. The highest BCUT2D eigenvalue weighted by Crippen LogP contribution is 2.32. The number of aromatic nitrogens is 1. The van der Waals surface area contributed by atoms with Crippen LogP contribution in [0.25, 0.3) is 10.9 Å². The first-order valence-corrected chi connectivity index (χ1v) is 8.54. The highest BCUT2D eigenvalue weighted by Gasteiger charge is 2.42. The van der Waals surface area contributed by atoms with E-state index in [1.54, 1.807) is 35.0 Å². The number of nitrogens with zero attached hydrogens (tertiary/aromatic N) is 1. The Hall–Kier alpha value is -2.63. The molecule has 1 aliphatic rings. The Morgan fingerprint density at radius 2 is 1.92 bits per heavy atom. The largest absolute Gasteiger partial charge is 0.480 e. The quantitative estimate of drug-likeness (QED) is 0.891. The van der Waals surface area contributed by atoms with Crippen LogP contribution in [0.1, 0.15) is 32.6 Å². The summed E-state index contributed by atoms with van der Waals surface area (Å²) >= 11 is 0. The van der Waals surface area contributed by atoms with E-state index in [-0.39, 0.29) is 17.9 Å². The number of carbonyl (C=O) groups is 2. The Morgan fingerprint density at radius 1 is 1.24 bits per heavy atom. The molecule has 1 aliphatic carbocycles. The van der Waals surface area contributed by atoms with Gasteiger partial charge in [0.05, 0.1) is 5.52 Å². The molecule has 1 heterocycles. The third-order valence-electron chi connectivity index (χ3n) is 5.11. The maximum atomic E-state index is 12.5. The molecule has 1 amide bonds. The van der Waals surface area contributed by atoms with E-state index in [2.05, 4.69) is 12.2 Å². The minimum absolute atomic E-state index is 0.0224. The van der Waals surface area contributed by atoms with Gasteiger partial charge in [0.25, 0.3) is 0 Å². The number of carboxylic acid groups (broad SMARTS) is 1. The zero-order chi connectivity index (χ0) is 18.0. The van der Waals surface area contributed by atoms with Crippen molar-refractivity contribution in [2.75, 3.05) is 0 Å². The summed E-state index contributed by atoms with van der Waals surface area (Å²) in [5, 5.41) is 12.9. The number of para-hydroxylation sites is 1. The summed E-state index contributed by atoms with van der Waals surface area (Å²) in [5.41, 5.74) is -0.624. The molecule has 6 nitrogen and oxygen atoms in total. The molecule has 1 saturated carbocycles. The van der Waals surface area contributed by atoms with Crippen molar-refractivity contribution >= 4 is 22.8 Å². The molecule has 0 aliphatic heterocycles. The fraction of sp³-hybridized carbons (Fsp3) is 0.421. The van der Waals surface area contributed by atoms with Gasteiger partial charge in [-0.1, -0.05) is 19.1 Å². The van der Waals surface area contributed by atoms with E-state index in [4.69, 9.17) is 0 Å². The molecule has 132 valence electrons. The fourth-order valence-electron chi connectivity index (χ4n) is 3.51. The van der Waals surface area contributed by atoms with Crippen LogP contribution in [0.3, 0.4) is 0 Å². The zero-order valence-electron chi connectivity index (χ0n) is 14.2. The number of aliphatic carboxylic acids is 1. The normalized spacial score (nSPS) is 23.3. The van der Waals surface area contributed by atoms with Gasteiger partial charge in [-0.05, 0) is 43.7 Å². The summed E-state index contributed by atoms with van der Waals surface area (Å²) in [6, 6.07) is 8.49. The van der Waals surface area contributed by atoms with E-state index in [1.165, 1.54) is 6.07 Å². The van der Waals surface area contributed by atoms with Crippen molar-refractivity contribution in [1.29, 1.82) is 0 Å². The summed E-state index contributed by atoms with van der Waals surface area (Å²) in [4.78, 5) is 36.2. The number of hydrogen-bond donors (Lipinski definition) is 2. The molecule has 1 aromatic heterocycles. The summed E-state index contributed by atoms with van der Waals surface area (Å²) in [6.45, 7) is 2.07. The first-order chi connectivity index (χ1) is 11.9. The lowest BCUT2D eigenvalue weighted by molar-refractivity contribution is -0.149. The average molecular weight is 342 g/mol. The topological polar surface area (TPSA) is 88.4 Å². The number of amides is 1. The lowest BCUT2D eigenvalue weighted by Gasteiger charge is -2.36. The minimum atomic E-state index is -1.18. The molecule has 0 saturated heterocycles. The Morgan fingerprint density at radius 3 is 2.60 bits per heavy atom. The maximum Gasteiger partial charge on any atom is 0.329 e. The molecule has 6 heteroatoms. The summed E-state index contributed by atoms with van der Waals surface area (Å²) in [5.74, 6) is -0.851. The Balaban J connectivity index is 1.82. The summed E-state index contributed by atoms with van der Waals surface area (Å²) in [7, 11) is 0. The van der Waals surface area contributed by atoms with Crippen LogP contribution in [0.2, 0.25) is 0 Å². The van der Waals surface area contributed by atoms with Crippen LogP contribution in [0.5, 0.6) is 0 Å². The first kappa shape index (κ1) is 17.2. The molecular weight excluding hydrogens is 320 g/mol. The van der Waals surface area contributed by atoms with Crippen molar-refractivity contribution in [2.45, 2.75) is 44.7 Å². The van der Waals surface area contributed by atoms with Gasteiger partial charge in [0.2, 0.25) is 5.91 Å². The molecule has 1 aromatic carbocycles. The highest BCUT2D eigenvalue weighted by molar-refractivity contribution is 5.88. The van der Waals surface area contributed by atoms with Gasteiger partial charge in [-0.3, -0.25) is 9.59 Å². The van der Waals surface area contributed by atoms with Crippen molar-refractivity contribution in [3.8, 4) is 0 Å². The zero-order valence-corrected chi connectivity index (χ0v) is 14.2. The second kappa shape index (κ2) is 6.70. The van der Waals surface area contributed by atoms with Crippen LogP contribution < -0.4 is 10.7 Å². The van der Waals surface area contributed by atoms with Gasteiger partial charge >= 0.3 is 5.97 Å². The van der Waals surface area contributed by atoms with E-state index in [0.29, 0.717) is 29.7 Å². The van der Waals surface area contributed by atoms with Gasteiger partial charge < -0.3 is 15.0 Å². The van der Waals surface area contributed by atoms with Gasteiger partial charge in [0, 0.05) is 17.6 Å². The third kappa shape index (κ3) is 3.43. The molecule has 0 unspecified atom stereocenters. The minimum Gasteiger partial charge on any atom is -0.480 e. The second-order valence-corrected chi connectivity index (χ2v) is 6.94. The van der Waals surface area contributed by atoms with E-state index in [1.807, 2.05) is 0 Å². The van der Waals surface area contributed by atoms with Crippen molar-refractivity contribution in [1.82, 2.24) is 9.88 Å². The van der Waals surface area contributed by atoms with Gasteiger partial charge in [0.1, 0.15) is 12.1 Å². The molecule has 2 aromatic rings. The standard InChI is InChI=1S/C19H22N2O4/c1-13-6-9-19(10-7-13,18(24)25)20-17(23)12-21-11-8-16(22)14-4-2-3-5-15(14)21/h2-5,8,11,13H,6-7,9-10,12H2,1H3,(H,20,23)(H,24,25). The third-order valence-corrected chi connectivity index (χ3v) is 5.11. The number of rotatable bonds is 4. The lowest BCUT2D eigenvalue weighted by atomic mass is 9.77. The second-order valence-electron chi connectivity index (χ2n) is 6.94. The lowest BCUT2D eigenvalue weighted by Crippen LogP contribution is -2.56. The number of nitrogens with one attached hydrogen (secondary N) is 1. The van der Waals surface area contributed by atoms with Crippen LogP contribution in [-0.2, 0) is 16.1 Å². The molecule has 0 bridgehead atoms. The molecule has 3 rings (SSSR count). The van der Waals surface area contributed by atoms with Crippen LogP contribution >= 0.6 is 0 Å². The number of carboxylic acids is 1. The van der Waals surface area contributed by atoms with Crippen molar-refractivity contribution in [2.24, 2.45) is 5.92 Å². The summed E-state index contributed by atoms with van der Waals surface area (Å²) in [6.07, 6.45) is 4.03. The van der Waals surface area contributed by atoms with Gasteiger partial charge in [-0.25, -0.2) is 4.79 Å². The average Bonchev–Trinajstić information content (AvgIpc) is 2.60. The number of fused-ring (bicyclic) bond motifs is 1. The SMILES string of the molecule is CC1CCC(NC(=O)Cn2ccc(=O)c3ccccc32)(C(=O)O)CC1. The molecule has 0 atom stereocenters. The Labute approximate surface area is 145 Å². The smallest absolute Gasteiger partial charge is 0.329 e. The number of pyridine rings is 1. The first-order valence-electron chi connectivity index (χ1n) is 8.54. The van der Waals surface area contributed by atoms with E-state index >= 15 is 0 Å². The van der Waals surface area contributed by atoms with Gasteiger partial charge in [0.15, 0.2) is 5.43 Å². The molecule has 0 spiro atoms. The number of carbonyl (C=O) groups excluding carboxylic acids is 1. The van der Waals surface area contributed by atoms with Crippen LogP contribution in [0.4, 0.5) is 0 Å². The molecule has 0 radical (unpaired) electrons. The van der Waals surface area contributed by atoms with Crippen molar-refractivity contribution < 1.29 is 14.7 Å². The Kier molecular flexibility index (Phi) is 4.61. The predicted molar refractivity (Wildman–Crippen MR) is 94.3 cm³/mol. The van der Waals surface area contributed by atoms with Crippen LogP contribution in [0.15, 0.2) is 41.3 Å². The molecule has 25 heavy (non-hydrogen) atoms. The van der Waals surface area contributed by atoms with Gasteiger partial charge in [-0.2, -0.15) is 0 Å². The molecule has 2 N–H and O–H groups in total. The Bertz CT molecular complexity index is 863. The van der Waals surface area contributed by atoms with Crippen LogP contribution in [-0.4, -0.2) is 27.1 Å². The predicted octanol–water partition coefficient (Wildman–Crippen LogP) is 2.15. The highest BCUT2D eigenvalue weighted by atomic mass is 16.4. The van der Waals surface area contributed by atoms with Crippen molar-refractivity contribution in [3.05, 3.63) is 46.8 Å². The fourth-order valence-corrected chi connectivity index (χ4v) is 3.51. The van der Waals surface area contributed by atoms with E-state index < -0.39 is 11.5 Å². The molecular formula is C19H22N2O4. The van der Waals surface area contributed by atoms with Crippen molar-refractivity contribution in [3.63, 3.8) is 0 Å². The number of hydrogen-bond acceptors (Lipinski definition) is 3. The summed E-state index contributed by atoms with van der Waals surface area (Å²) < 4.78 is 1.67. The van der Waals surface area contributed by atoms with Gasteiger partial charge in [-0.15, -0.1) is 0 Å². The van der Waals surface area contributed by atoms with E-state index in [0.717, 1.165) is 12.8 Å². The maximum absolute atomic E-state index is 12.5. The monoisotopic (exact) mass is 342 g/mol.